The Morgan fingerprint density at radius 3 is 2.52 bits per heavy atom. The molecule has 0 fully saturated rings. The molecule has 1 N–H and O–H groups in total. The number of halogens is 1. The molecule has 1 heterocycles. The Hall–Kier alpha value is -1.33. The molecule has 2 aromatic rings. The van der Waals surface area contributed by atoms with Crippen LogP contribution < -0.4 is 4.74 Å². The van der Waals surface area contributed by atoms with Gasteiger partial charge in [0, 0.05) is 6.54 Å². The van der Waals surface area contributed by atoms with Crippen LogP contribution in [0.15, 0.2) is 34.9 Å². The summed E-state index contributed by atoms with van der Waals surface area (Å²) >= 11 is 3.46. The van der Waals surface area contributed by atoms with E-state index in [4.69, 9.17) is 4.74 Å². The van der Waals surface area contributed by atoms with Gasteiger partial charge in [0.05, 0.1) is 22.5 Å². The first-order valence-corrected chi connectivity index (χ1v) is 7.98. The van der Waals surface area contributed by atoms with Crippen molar-refractivity contribution in [3.05, 3.63) is 46.2 Å². The minimum absolute atomic E-state index is 0.140. The van der Waals surface area contributed by atoms with Crippen LogP contribution in [0.25, 0.3) is 0 Å². The summed E-state index contributed by atoms with van der Waals surface area (Å²) in [5.74, 6) is 0.807. The zero-order valence-corrected chi connectivity index (χ0v) is 14.2. The molecule has 1 aromatic carbocycles. The standard InChI is InChI=1S/C16H21BrN2O2/c1-4-9-19-15(14(17)10-18-19)16(20)12-5-7-13(8-6-12)21-11(2)3/h5-8,10-11,16,20H,4,9H2,1-3H3. The van der Waals surface area contributed by atoms with Crippen LogP contribution in [-0.2, 0) is 6.54 Å². The summed E-state index contributed by atoms with van der Waals surface area (Å²) in [6.07, 6.45) is 2.13. The first-order chi connectivity index (χ1) is 10.0. The molecular weight excluding hydrogens is 332 g/mol. The summed E-state index contributed by atoms with van der Waals surface area (Å²) in [5, 5.41) is 14.9. The van der Waals surface area contributed by atoms with Gasteiger partial charge in [-0.25, -0.2) is 0 Å². The van der Waals surface area contributed by atoms with Crippen molar-refractivity contribution < 1.29 is 9.84 Å². The molecular formula is C16H21BrN2O2. The van der Waals surface area contributed by atoms with Crippen molar-refractivity contribution in [2.24, 2.45) is 0 Å². The number of aliphatic hydroxyl groups excluding tert-OH is 1. The van der Waals surface area contributed by atoms with Crippen LogP contribution in [0.2, 0.25) is 0 Å². The average molecular weight is 353 g/mol. The molecule has 4 nitrogen and oxygen atoms in total. The number of aryl methyl sites for hydroxylation is 1. The molecule has 0 radical (unpaired) electrons. The van der Waals surface area contributed by atoms with Gasteiger partial charge in [-0.05, 0) is 53.9 Å². The van der Waals surface area contributed by atoms with Crippen LogP contribution in [-0.4, -0.2) is 21.0 Å². The minimum Gasteiger partial charge on any atom is -0.491 e. The minimum atomic E-state index is -0.707. The summed E-state index contributed by atoms with van der Waals surface area (Å²) in [7, 11) is 0. The second-order valence-corrected chi connectivity index (χ2v) is 6.09. The summed E-state index contributed by atoms with van der Waals surface area (Å²) in [6, 6.07) is 7.54. The first-order valence-electron chi connectivity index (χ1n) is 7.18. The maximum atomic E-state index is 10.6. The zero-order valence-electron chi connectivity index (χ0n) is 12.6. The molecule has 0 amide bonds. The maximum Gasteiger partial charge on any atom is 0.122 e. The van der Waals surface area contributed by atoms with E-state index in [0.29, 0.717) is 0 Å². The molecule has 21 heavy (non-hydrogen) atoms. The lowest BCUT2D eigenvalue weighted by Crippen LogP contribution is -2.11. The Balaban J connectivity index is 2.23. The topological polar surface area (TPSA) is 47.3 Å². The van der Waals surface area contributed by atoms with E-state index in [1.807, 2.05) is 42.8 Å². The Bertz CT molecular complexity index is 578. The summed E-state index contributed by atoms with van der Waals surface area (Å²) in [5.41, 5.74) is 1.61. The number of benzene rings is 1. The third-order valence-electron chi connectivity index (χ3n) is 3.10. The summed E-state index contributed by atoms with van der Waals surface area (Å²) in [6.45, 7) is 6.85. The molecule has 0 spiro atoms. The molecule has 114 valence electrons. The van der Waals surface area contributed by atoms with Crippen LogP contribution in [0, 0.1) is 0 Å². The fourth-order valence-corrected chi connectivity index (χ4v) is 2.71. The number of aliphatic hydroxyl groups is 1. The molecule has 0 aliphatic rings. The lowest BCUT2D eigenvalue weighted by Gasteiger charge is -2.15. The van der Waals surface area contributed by atoms with E-state index in [0.717, 1.165) is 34.4 Å². The van der Waals surface area contributed by atoms with Gasteiger partial charge in [0.15, 0.2) is 0 Å². The van der Waals surface area contributed by atoms with Gasteiger partial charge >= 0.3 is 0 Å². The van der Waals surface area contributed by atoms with Gasteiger partial charge in [-0.1, -0.05) is 19.1 Å². The summed E-state index contributed by atoms with van der Waals surface area (Å²) in [4.78, 5) is 0. The molecule has 0 saturated carbocycles. The third-order valence-corrected chi connectivity index (χ3v) is 3.71. The number of hydrogen-bond donors (Lipinski definition) is 1. The third kappa shape index (κ3) is 3.86. The highest BCUT2D eigenvalue weighted by Crippen LogP contribution is 2.29. The normalized spacial score (nSPS) is 12.7. The van der Waals surface area contributed by atoms with E-state index in [1.165, 1.54) is 0 Å². The maximum absolute atomic E-state index is 10.6. The van der Waals surface area contributed by atoms with E-state index in [1.54, 1.807) is 6.20 Å². The predicted octanol–water partition coefficient (Wildman–Crippen LogP) is 3.92. The van der Waals surface area contributed by atoms with E-state index < -0.39 is 6.10 Å². The number of nitrogens with zero attached hydrogens (tertiary/aromatic N) is 2. The van der Waals surface area contributed by atoms with Crippen molar-refractivity contribution in [2.45, 2.75) is 45.9 Å². The van der Waals surface area contributed by atoms with Crippen LogP contribution in [0.3, 0.4) is 0 Å². The van der Waals surface area contributed by atoms with Gasteiger partial charge in [0.2, 0.25) is 0 Å². The van der Waals surface area contributed by atoms with E-state index >= 15 is 0 Å². The van der Waals surface area contributed by atoms with E-state index in [9.17, 15) is 5.11 Å². The van der Waals surface area contributed by atoms with Crippen LogP contribution >= 0.6 is 15.9 Å². The molecule has 1 aromatic heterocycles. The first kappa shape index (κ1) is 16.0. The van der Waals surface area contributed by atoms with E-state index in [-0.39, 0.29) is 6.10 Å². The molecule has 1 unspecified atom stereocenters. The van der Waals surface area contributed by atoms with Crippen LogP contribution in [0.4, 0.5) is 0 Å². The Labute approximate surface area is 133 Å². The van der Waals surface area contributed by atoms with Crippen LogP contribution in [0.1, 0.15) is 44.6 Å². The molecule has 0 aliphatic carbocycles. The van der Waals surface area contributed by atoms with Crippen molar-refractivity contribution >= 4 is 15.9 Å². The van der Waals surface area contributed by atoms with E-state index in [2.05, 4.69) is 28.0 Å². The van der Waals surface area contributed by atoms with Crippen molar-refractivity contribution in [1.29, 1.82) is 0 Å². The zero-order chi connectivity index (χ0) is 15.4. The molecule has 1 atom stereocenters. The number of aromatic nitrogens is 2. The molecule has 2 rings (SSSR count). The lowest BCUT2D eigenvalue weighted by atomic mass is 10.1. The van der Waals surface area contributed by atoms with Gasteiger partial charge in [0.1, 0.15) is 11.9 Å². The highest BCUT2D eigenvalue weighted by Gasteiger charge is 2.19. The van der Waals surface area contributed by atoms with Crippen LogP contribution in [0.5, 0.6) is 5.75 Å². The lowest BCUT2D eigenvalue weighted by molar-refractivity contribution is 0.206. The second kappa shape index (κ2) is 7.09. The Morgan fingerprint density at radius 2 is 1.95 bits per heavy atom. The van der Waals surface area contributed by atoms with Gasteiger partial charge in [-0.2, -0.15) is 5.10 Å². The average Bonchev–Trinajstić information content (AvgIpc) is 2.80. The van der Waals surface area contributed by atoms with Crippen molar-refractivity contribution in [2.75, 3.05) is 0 Å². The predicted molar refractivity (Wildman–Crippen MR) is 86.5 cm³/mol. The molecule has 0 aliphatic heterocycles. The quantitative estimate of drug-likeness (QED) is 0.856. The molecule has 0 saturated heterocycles. The highest BCUT2D eigenvalue weighted by atomic mass is 79.9. The monoisotopic (exact) mass is 352 g/mol. The van der Waals surface area contributed by atoms with Crippen molar-refractivity contribution in [1.82, 2.24) is 9.78 Å². The number of ether oxygens (including phenoxy) is 1. The van der Waals surface area contributed by atoms with Gasteiger partial charge in [-0.15, -0.1) is 0 Å². The SMILES string of the molecule is CCCn1ncc(Br)c1C(O)c1ccc(OC(C)C)cc1. The molecule has 5 heteroatoms. The smallest absolute Gasteiger partial charge is 0.122 e. The fourth-order valence-electron chi connectivity index (χ4n) is 2.19. The Morgan fingerprint density at radius 1 is 1.29 bits per heavy atom. The fraction of sp³-hybridized carbons (Fsp3) is 0.438. The highest BCUT2D eigenvalue weighted by molar-refractivity contribution is 9.10. The second-order valence-electron chi connectivity index (χ2n) is 5.24. The number of rotatable bonds is 6. The van der Waals surface area contributed by atoms with Gasteiger partial charge < -0.3 is 9.84 Å². The largest absolute Gasteiger partial charge is 0.491 e. The van der Waals surface area contributed by atoms with Gasteiger partial charge in [0.25, 0.3) is 0 Å². The van der Waals surface area contributed by atoms with Crippen molar-refractivity contribution in [3.8, 4) is 5.75 Å². The summed E-state index contributed by atoms with van der Waals surface area (Å²) < 4.78 is 8.28. The molecule has 0 bridgehead atoms. The van der Waals surface area contributed by atoms with Crippen molar-refractivity contribution in [3.63, 3.8) is 0 Å². The Kier molecular flexibility index (Phi) is 5.42. The van der Waals surface area contributed by atoms with Gasteiger partial charge in [-0.3, -0.25) is 4.68 Å². The number of hydrogen-bond acceptors (Lipinski definition) is 3.